The second kappa shape index (κ2) is 6.57. The lowest BCUT2D eigenvalue weighted by molar-refractivity contribution is -0.141. The SMILES string of the molecule is N/N=C(/CC[C@@]1(F)CCC2CNC(C(=O)O)CC2C1)NN. The molecule has 0 aromatic rings. The van der Waals surface area contributed by atoms with Crippen LogP contribution in [0.1, 0.15) is 38.5 Å². The van der Waals surface area contributed by atoms with Crippen LogP contribution in [-0.4, -0.2) is 35.2 Å². The van der Waals surface area contributed by atoms with Crippen LogP contribution >= 0.6 is 0 Å². The highest BCUT2D eigenvalue weighted by Gasteiger charge is 2.44. The van der Waals surface area contributed by atoms with Crippen LogP contribution in [0.3, 0.4) is 0 Å². The van der Waals surface area contributed by atoms with Crippen LogP contribution in [0.4, 0.5) is 4.39 Å². The van der Waals surface area contributed by atoms with Gasteiger partial charge in [0.1, 0.15) is 17.5 Å². The van der Waals surface area contributed by atoms with Crippen molar-refractivity contribution in [1.29, 1.82) is 0 Å². The Hall–Kier alpha value is -1.41. The molecule has 2 aliphatic rings. The molecule has 7 nitrogen and oxygen atoms in total. The van der Waals surface area contributed by atoms with Crippen LogP contribution in [0.2, 0.25) is 0 Å². The first-order chi connectivity index (χ1) is 9.97. The van der Waals surface area contributed by atoms with Crippen LogP contribution in [0.5, 0.6) is 0 Å². The minimum Gasteiger partial charge on any atom is -0.480 e. The number of amidine groups is 1. The van der Waals surface area contributed by atoms with Crippen molar-refractivity contribution in [3.63, 3.8) is 0 Å². The topological polar surface area (TPSA) is 126 Å². The number of rotatable bonds is 4. The lowest BCUT2D eigenvalue weighted by Gasteiger charge is -2.44. The van der Waals surface area contributed by atoms with Gasteiger partial charge in [-0.3, -0.25) is 4.79 Å². The van der Waals surface area contributed by atoms with Crippen LogP contribution < -0.4 is 22.4 Å². The molecular weight excluding hydrogens is 277 g/mol. The summed E-state index contributed by atoms with van der Waals surface area (Å²) in [5, 5.41) is 15.6. The molecule has 120 valence electrons. The summed E-state index contributed by atoms with van der Waals surface area (Å²) < 4.78 is 15.0. The molecule has 1 saturated heterocycles. The van der Waals surface area contributed by atoms with Crippen molar-refractivity contribution in [3.8, 4) is 0 Å². The summed E-state index contributed by atoms with van der Waals surface area (Å²) in [5.41, 5.74) is 1.07. The third-order valence-corrected chi connectivity index (χ3v) is 4.85. The molecule has 2 fully saturated rings. The monoisotopic (exact) mass is 301 g/mol. The highest BCUT2D eigenvalue weighted by molar-refractivity contribution is 5.81. The van der Waals surface area contributed by atoms with Crippen LogP contribution in [0, 0.1) is 11.8 Å². The first-order valence-electron chi connectivity index (χ1n) is 7.36. The normalized spacial score (nSPS) is 36.9. The zero-order chi connectivity index (χ0) is 15.5. The summed E-state index contributed by atoms with van der Waals surface area (Å²) in [6, 6.07) is -0.555. The molecule has 0 bridgehead atoms. The standard InChI is InChI=1S/C13H24FN5O2/c14-13(4-2-11(18-15)19-16)3-1-8-7-17-10(12(20)21)5-9(8)6-13/h8-10,17H,1-7,15-16H2,(H,18,19)(H,20,21)/t8?,9?,10?,13-/m0/s1. The Morgan fingerprint density at radius 2 is 2.29 bits per heavy atom. The van der Waals surface area contributed by atoms with Crippen molar-refractivity contribution in [2.75, 3.05) is 6.54 Å². The van der Waals surface area contributed by atoms with E-state index in [1.165, 1.54) is 0 Å². The van der Waals surface area contributed by atoms with E-state index in [1.807, 2.05) is 0 Å². The van der Waals surface area contributed by atoms with Gasteiger partial charge < -0.3 is 21.7 Å². The average molecular weight is 301 g/mol. The number of carbonyl (C=O) groups is 1. The van der Waals surface area contributed by atoms with E-state index in [0.29, 0.717) is 50.4 Å². The number of alkyl halides is 1. The van der Waals surface area contributed by atoms with Gasteiger partial charge in [0.25, 0.3) is 0 Å². The predicted molar refractivity (Wildman–Crippen MR) is 76.9 cm³/mol. The van der Waals surface area contributed by atoms with Gasteiger partial charge >= 0.3 is 5.97 Å². The van der Waals surface area contributed by atoms with Gasteiger partial charge in [-0.2, -0.15) is 5.10 Å². The number of hydrazine groups is 1. The Morgan fingerprint density at radius 3 is 2.90 bits per heavy atom. The molecule has 1 aliphatic heterocycles. The predicted octanol–water partition coefficient (Wildman–Crippen LogP) is 0.0732. The van der Waals surface area contributed by atoms with Gasteiger partial charge in [-0.1, -0.05) is 0 Å². The Morgan fingerprint density at radius 1 is 1.52 bits per heavy atom. The number of carboxylic acids is 1. The minimum absolute atomic E-state index is 0.121. The van der Waals surface area contributed by atoms with E-state index in [1.54, 1.807) is 0 Å². The number of hydrogen-bond acceptors (Lipinski definition) is 5. The zero-order valence-corrected chi connectivity index (χ0v) is 12.0. The number of carboxylic acid groups (broad SMARTS) is 1. The maximum Gasteiger partial charge on any atom is 0.320 e. The Bertz CT molecular complexity index is 419. The lowest BCUT2D eigenvalue weighted by Crippen LogP contribution is -2.51. The summed E-state index contributed by atoms with van der Waals surface area (Å²) in [6.45, 7) is 0.664. The van der Waals surface area contributed by atoms with E-state index in [0.717, 1.165) is 6.42 Å². The van der Waals surface area contributed by atoms with E-state index < -0.39 is 17.7 Å². The molecule has 0 spiro atoms. The highest BCUT2D eigenvalue weighted by Crippen LogP contribution is 2.44. The number of piperidine rings is 1. The summed E-state index contributed by atoms with van der Waals surface area (Å²) in [5.74, 6) is 10.4. The van der Waals surface area contributed by atoms with Gasteiger partial charge in [0.2, 0.25) is 0 Å². The number of nitrogens with one attached hydrogen (secondary N) is 2. The van der Waals surface area contributed by atoms with Crippen molar-refractivity contribution in [3.05, 3.63) is 0 Å². The molecule has 3 unspecified atom stereocenters. The van der Waals surface area contributed by atoms with Crippen molar-refractivity contribution in [1.82, 2.24) is 10.7 Å². The van der Waals surface area contributed by atoms with Gasteiger partial charge in [-0.05, 0) is 50.5 Å². The average Bonchev–Trinajstić information content (AvgIpc) is 2.47. The number of nitrogens with zero attached hydrogens (tertiary/aromatic N) is 1. The first kappa shape index (κ1) is 16.0. The van der Waals surface area contributed by atoms with Crippen LogP contribution in [0.25, 0.3) is 0 Å². The maximum atomic E-state index is 15.0. The third-order valence-electron chi connectivity index (χ3n) is 4.85. The molecule has 1 saturated carbocycles. The number of nitrogens with two attached hydrogens (primary N) is 2. The molecule has 4 atom stereocenters. The number of fused-ring (bicyclic) bond motifs is 1. The van der Waals surface area contributed by atoms with E-state index in [9.17, 15) is 9.18 Å². The second-order valence-electron chi connectivity index (χ2n) is 6.17. The van der Waals surface area contributed by atoms with Crippen LogP contribution in [0.15, 0.2) is 5.10 Å². The van der Waals surface area contributed by atoms with E-state index in [2.05, 4.69) is 15.8 Å². The van der Waals surface area contributed by atoms with Gasteiger partial charge in [0.05, 0.1) is 0 Å². The van der Waals surface area contributed by atoms with E-state index in [4.69, 9.17) is 16.8 Å². The number of halogens is 1. The first-order valence-corrected chi connectivity index (χ1v) is 7.36. The quantitative estimate of drug-likeness (QED) is 0.216. The summed E-state index contributed by atoms with van der Waals surface area (Å²) in [6.07, 6.45) is 2.86. The fourth-order valence-electron chi connectivity index (χ4n) is 3.57. The Balaban J connectivity index is 1.93. The molecule has 1 heterocycles. The third kappa shape index (κ3) is 3.82. The molecule has 0 aromatic heterocycles. The Labute approximate surface area is 123 Å². The molecule has 8 heteroatoms. The molecular formula is C13H24FN5O2. The van der Waals surface area contributed by atoms with E-state index in [-0.39, 0.29) is 5.92 Å². The molecule has 0 aromatic carbocycles. The molecule has 0 radical (unpaired) electrons. The smallest absolute Gasteiger partial charge is 0.320 e. The largest absolute Gasteiger partial charge is 0.480 e. The molecule has 7 N–H and O–H groups in total. The maximum absolute atomic E-state index is 15.0. The number of hydrazone groups is 1. The van der Waals surface area contributed by atoms with Gasteiger partial charge in [-0.15, -0.1) is 0 Å². The zero-order valence-electron chi connectivity index (χ0n) is 12.0. The molecule has 2 rings (SSSR count). The fourth-order valence-corrected chi connectivity index (χ4v) is 3.57. The van der Waals surface area contributed by atoms with Gasteiger partial charge in [0.15, 0.2) is 0 Å². The minimum atomic E-state index is -1.28. The van der Waals surface area contributed by atoms with Crippen molar-refractivity contribution < 1.29 is 14.3 Å². The summed E-state index contributed by atoms with van der Waals surface area (Å²) in [4.78, 5) is 11.1. The van der Waals surface area contributed by atoms with Gasteiger partial charge in [0, 0.05) is 6.42 Å². The summed E-state index contributed by atoms with van der Waals surface area (Å²) in [7, 11) is 0. The van der Waals surface area contributed by atoms with Crippen molar-refractivity contribution >= 4 is 11.8 Å². The second-order valence-corrected chi connectivity index (χ2v) is 6.17. The molecule has 0 amide bonds. The number of aliphatic carboxylic acids is 1. The van der Waals surface area contributed by atoms with Gasteiger partial charge in [-0.25, -0.2) is 10.2 Å². The van der Waals surface area contributed by atoms with Crippen LogP contribution in [-0.2, 0) is 4.79 Å². The van der Waals surface area contributed by atoms with Crippen molar-refractivity contribution in [2.24, 2.45) is 28.6 Å². The molecule has 21 heavy (non-hydrogen) atoms. The fraction of sp³-hybridized carbons (Fsp3) is 0.846. The lowest BCUT2D eigenvalue weighted by atomic mass is 9.67. The highest BCUT2D eigenvalue weighted by atomic mass is 19.1. The number of hydrogen-bond donors (Lipinski definition) is 5. The van der Waals surface area contributed by atoms with E-state index >= 15 is 0 Å². The summed E-state index contributed by atoms with van der Waals surface area (Å²) >= 11 is 0. The van der Waals surface area contributed by atoms with Crippen molar-refractivity contribution in [2.45, 2.75) is 50.2 Å². The Kier molecular flexibility index (Phi) is 5.00. The molecule has 1 aliphatic carbocycles.